The van der Waals surface area contributed by atoms with Crippen LogP contribution in [0.5, 0.6) is 0 Å². The first kappa shape index (κ1) is 17.9. The molecule has 138 valence electrons. The van der Waals surface area contributed by atoms with Gasteiger partial charge in [-0.25, -0.2) is 0 Å². The fraction of sp³-hybridized carbons (Fsp3) is 0.722. The van der Waals surface area contributed by atoms with Gasteiger partial charge < -0.3 is 15.5 Å². The molecule has 2 unspecified atom stereocenters. The molecule has 1 saturated carbocycles. The minimum atomic E-state index is -0.0295. The van der Waals surface area contributed by atoms with Crippen molar-refractivity contribution in [1.82, 2.24) is 25.3 Å². The van der Waals surface area contributed by atoms with E-state index in [2.05, 4.69) is 29.6 Å². The largest absolute Gasteiger partial charge is 0.352 e. The Hall–Kier alpha value is -1.89. The summed E-state index contributed by atoms with van der Waals surface area (Å²) >= 11 is 0. The molecule has 0 bridgehead atoms. The Bertz CT molecular complexity index is 608. The summed E-state index contributed by atoms with van der Waals surface area (Å²) in [5.41, 5.74) is 0.548. The first-order valence-corrected chi connectivity index (χ1v) is 9.41. The molecule has 1 aromatic heterocycles. The van der Waals surface area contributed by atoms with Crippen molar-refractivity contribution < 1.29 is 9.59 Å². The predicted octanol–water partition coefficient (Wildman–Crippen LogP) is 1.15. The van der Waals surface area contributed by atoms with Crippen LogP contribution in [0.2, 0.25) is 0 Å². The van der Waals surface area contributed by atoms with Gasteiger partial charge in [0.2, 0.25) is 5.91 Å². The molecule has 2 N–H and O–H groups in total. The van der Waals surface area contributed by atoms with Gasteiger partial charge in [0, 0.05) is 37.4 Å². The van der Waals surface area contributed by atoms with Gasteiger partial charge in [0.1, 0.15) is 6.54 Å². The zero-order chi connectivity index (χ0) is 17.8. The van der Waals surface area contributed by atoms with Crippen molar-refractivity contribution >= 4 is 11.8 Å². The summed E-state index contributed by atoms with van der Waals surface area (Å²) in [5.74, 6) is -0.0436. The minimum absolute atomic E-state index is 0.0141. The SMILES string of the molecule is CC1NCCN(C(=O)c2cnn(CC(=O)NC3CCCCC3)c2)C1C. The van der Waals surface area contributed by atoms with Crippen LogP contribution in [0.1, 0.15) is 56.3 Å². The second kappa shape index (κ2) is 7.99. The summed E-state index contributed by atoms with van der Waals surface area (Å²) in [6, 6.07) is 0.703. The van der Waals surface area contributed by atoms with E-state index in [1.165, 1.54) is 19.3 Å². The van der Waals surface area contributed by atoms with Crippen LogP contribution in [0, 0.1) is 0 Å². The highest BCUT2D eigenvalue weighted by molar-refractivity contribution is 5.94. The third-order valence-corrected chi connectivity index (χ3v) is 5.45. The summed E-state index contributed by atoms with van der Waals surface area (Å²) < 4.78 is 1.56. The van der Waals surface area contributed by atoms with Gasteiger partial charge in [-0.15, -0.1) is 0 Å². The van der Waals surface area contributed by atoms with Crippen molar-refractivity contribution in [3.05, 3.63) is 18.0 Å². The second-order valence-electron chi connectivity index (χ2n) is 7.31. The van der Waals surface area contributed by atoms with E-state index in [0.29, 0.717) is 18.2 Å². The molecular formula is C18H29N5O2. The number of nitrogens with zero attached hydrogens (tertiary/aromatic N) is 3. The molecule has 2 aliphatic rings. The van der Waals surface area contributed by atoms with E-state index in [1.54, 1.807) is 17.1 Å². The monoisotopic (exact) mass is 347 g/mol. The van der Waals surface area contributed by atoms with Crippen LogP contribution < -0.4 is 10.6 Å². The number of piperazine rings is 1. The third-order valence-electron chi connectivity index (χ3n) is 5.45. The fourth-order valence-corrected chi connectivity index (χ4v) is 3.74. The Kier molecular flexibility index (Phi) is 5.73. The van der Waals surface area contributed by atoms with Gasteiger partial charge in [-0.05, 0) is 26.7 Å². The van der Waals surface area contributed by atoms with Gasteiger partial charge in [-0.1, -0.05) is 19.3 Å². The zero-order valence-electron chi connectivity index (χ0n) is 15.2. The van der Waals surface area contributed by atoms with Crippen molar-refractivity contribution in [3.63, 3.8) is 0 Å². The van der Waals surface area contributed by atoms with Crippen LogP contribution in [0.25, 0.3) is 0 Å². The maximum absolute atomic E-state index is 12.7. The first-order chi connectivity index (χ1) is 12.0. The molecule has 1 saturated heterocycles. The number of aromatic nitrogens is 2. The number of amides is 2. The van der Waals surface area contributed by atoms with E-state index >= 15 is 0 Å². The lowest BCUT2D eigenvalue weighted by molar-refractivity contribution is -0.122. The lowest BCUT2D eigenvalue weighted by Crippen LogP contribution is -2.57. The molecular weight excluding hydrogens is 318 g/mol. The molecule has 2 atom stereocenters. The molecule has 0 radical (unpaired) electrons. The van der Waals surface area contributed by atoms with Gasteiger partial charge >= 0.3 is 0 Å². The van der Waals surface area contributed by atoms with Crippen molar-refractivity contribution in [1.29, 1.82) is 0 Å². The van der Waals surface area contributed by atoms with E-state index in [0.717, 1.165) is 19.4 Å². The van der Waals surface area contributed by atoms with Crippen molar-refractivity contribution in [2.24, 2.45) is 0 Å². The van der Waals surface area contributed by atoms with Crippen LogP contribution in [-0.4, -0.2) is 57.7 Å². The van der Waals surface area contributed by atoms with E-state index in [-0.39, 0.29) is 30.4 Å². The Morgan fingerprint density at radius 3 is 2.80 bits per heavy atom. The smallest absolute Gasteiger partial charge is 0.257 e. The molecule has 1 aliphatic carbocycles. The highest BCUT2D eigenvalue weighted by atomic mass is 16.2. The molecule has 7 nitrogen and oxygen atoms in total. The van der Waals surface area contributed by atoms with Crippen LogP contribution in [0.3, 0.4) is 0 Å². The van der Waals surface area contributed by atoms with E-state index in [1.807, 2.05) is 4.90 Å². The van der Waals surface area contributed by atoms with E-state index < -0.39 is 0 Å². The molecule has 2 amide bonds. The quantitative estimate of drug-likeness (QED) is 0.856. The summed E-state index contributed by atoms with van der Waals surface area (Å²) in [4.78, 5) is 26.8. The van der Waals surface area contributed by atoms with Crippen LogP contribution in [0.15, 0.2) is 12.4 Å². The predicted molar refractivity (Wildman–Crippen MR) is 95.2 cm³/mol. The Balaban J connectivity index is 1.56. The molecule has 2 fully saturated rings. The average molecular weight is 347 g/mol. The third kappa shape index (κ3) is 4.39. The van der Waals surface area contributed by atoms with Crippen molar-refractivity contribution in [2.75, 3.05) is 13.1 Å². The molecule has 2 heterocycles. The van der Waals surface area contributed by atoms with Gasteiger partial charge in [0.25, 0.3) is 5.91 Å². The van der Waals surface area contributed by atoms with Gasteiger partial charge in [-0.2, -0.15) is 5.10 Å². The van der Waals surface area contributed by atoms with E-state index in [9.17, 15) is 9.59 Å². The summed E-state index contributed by atoms with van der Waals surface area (Å²) in [5, 5.41) is 10.7. The number of carbonyl (C=O) groups is 2. The molecule has 7 heteroatoms. The topological polar surface area (TPSA) is 79.3 Å². The zero-order valence-corrected chi connectivity index (χ0v) is 15.2. The number of hydrogen-bond acceptors (Lipinski definition) is 4. The minimum Gasteiger partial charge on any atom is -0.352 e. The number of carbonyl (C=O) groups excluding carboxylic acids is 2. The maximum atomic E-state index is 12.7. The molecule has 3 rings (SSSR count). The highest BCUT2D eigenvalue weighted by Gasteiger charge is 2.29. The Morgan fingerprint density at radius 2 is 2.04 bits per heavy atom. The molecule has 0 aromatic carbocycles. The van der Waals surface area contributed by atoms with Gasteiger partial charge in [0.15, 0.2) is 0 Å². The van der Waals surface area contributed by atoms with Crippen LogP contribution in [0.4, 0.5) is 0 Å². The molecule has 1 aliphatic heterocycles. The van der Waals surface area contributed by atoms with Crippen molar-refractivity contribution in [3.8, 4) is 0 Å². The van der Waals surface area contributed by atoms with Crippen molar-refractivity contribution in [2.45, 2.75) is 70.6 Å². The lowest BCUT2D eigenvalue weighted by Gasteiger charge is -2.38. The second-order valence-corrected chi connectivity index (χ2v) is 7.31. The lowest BCUT2D eigenvalue weighted by atomic mass is 9.95. The van der Waals surface area contributed by atoms with Gasteiger partial charge in [-0.3, -0.25) is 14.3 Å². The maximum Gasteiger partial charge on any atom is 0.257 e. The Morgan fingerprint density at radius 1 is 1.28 bits per heavy atom. The molecule has 1 aromatic rings. The number of nitrogens with one attached hydrogen (secondary N) is 2. The first-order valence-electron chi connectivity index (χ1n) is 9.41. The van der Waals surface area contributed by atoms with Crippen LogP contribution in [-0.2, 0) is 11.3 Å². The fourth-order valence-electron chi connectivity index (χ4n) is 3.74. The summed E-state index contributed by atoms with van der Waals surface area (Å²) in [6.07, 6.45) is 9.01. The number of rotatable bonds is 4. The average Bonchev–Trinajstić information content (AvgIpc) is 3.06. The van der Waals surface area contributed by atoms with E-state index in [4.69, 9.17) is 0 Å². The molecule has 0 spiro atoms. The normalized spacial score (nSPS) is 25.0. The number of hydrogen-bond donors (Lipinski definition) is 2. The summed E-state index contributed by atoms with van der Waals surface area (Å²) in [6.45, 7) is 5.80. The van der Waals surface area contributed by atoms with Gasteiger partial charge in [0.05, 0.1) is 11.8 Å². The summed E-state index contributed by atoms with van der Waals surface area (Å²) in [7, 11) is 0. The highest BCUT2D eigenvalue weighted by Crippen LogP contribution is 2.17. The Labute approximate surface area is 149 Å². The standard InChI is InChI=1S/C18H29N5O2/c1-13-14(2)23(9-8-19-13)18(25)15-10-20-22(11-15)12-17(24)21-16-6-4-3-5-7-16/h10-11,13-14,16,19H,3-9,12H2,1-2H3,(H,21,24). The van der Waals surface area contributed by atoms with Crippen LogP contribution >= 0.6 is 0 Å². The molecule has 25 heavy (non-hydrogen) atoms.